The largest absolute Gasteiger partial charge is 0.381 e. The van der Waals surface area contributed by atoms with Crippen LogP contribution in [0, 0.1) is 0 Å². The van der Waals surface area contributed by atoms with Crippen LogP contribution in [0.1, 0.15) is 34.9 Å². The maximum absolute atomic E-state index is 13.1. The van der Waals surface area contributed by atoms with E-state index in [2.05, 4.69) is 10.00 Å². The molecule has 1 amide bonds. The molecule has 2 fully saturated rings. The number of aromatic nitrogens is 4. The summed E-state index contributed by atoms with van der Waals surface area (Å²) in [6.45, 7) is 3.89. The maximum Gasteiger partial charge on any atom is 0.254 e. The molecule has 0 aliphatic carbocycles. The summed E-state index contributed by atoms with van der Waals surface area (Å²) in [6, 6.07) is 15.0. The Labute approximate surface area is 224 Å². The third-order valence-electron chi connectivity index (χ3n) is 7.05. The summed E-state index contributed by atoms with van der Waals surface area (Å²) in [5.41, 5.74) is 2.29. The number of hydrogen-bond acceptors (Lipinski definition) is 6. The molecule has 0 spiro atoms. The number of carbonyl (C=O) groups is 1. The summed E-state index contributed by atoms with van der Waals surface area (Å²) in [7, 11) is 0. The lowest BCUT2D eigenvalue weighted by atomic mass is 9.99. The number of para-hydroxylation sites is 1. The molecule has 0 atom stereocenters. The third-order valence-corrected chi connectivity index (χ3v) is 7.78. The highest BCUT2D eigenvalue weighted by Gasteiger charge is 2.28. The highest BCUT2D eigenvalue weighted by molar-refractivity contribution is 6.42. The fourth-order valence-electron chi connectivity index (χ4n) is 4.98. The topological polar surface area (TPSA) is 76.4 Å². The number of benzene rings is 2. The lowest BCUT2D eigenvalue weighted by Gasteiger charge is -2.36. The Kier molecular flexibility index (Phi) is 6.71. The van der Waals surface area contributed by atoms with Crippen LogP contribution in [0.3, 0.4) is 0 Å². The van der Waals surface area contributed by atoms with E-state index in [9.17, 15) is 4.79 Å². The van der Waals surface area contributed by atoms with Crippen LogP contribution in [-0.4, -0.2) is 69.9 Å². The molecule has 2 saturated heterocycles. The number of hydrogen-bond donors (Lipinski definition) is 0. The fourth-order valence-corrected chi connectivity index (χ4v) is 5.28. The molecule has 0 bridgehead atoms. The van der Waals surface area contributed by atoms with Gasteiger partial charge in [-0.1, -0.05) is 41.4 Å². The zero-order chi connectivity index (χ0) is 25.4. The number of fused-ring (bicyclic) bond motifs is 1. The van der Waals surface area contributed by atoms with Crippen LogP contribution >= 0.6 is 23.2 Å². The van der Waals surface area contributed by atoms with Crippen molar-refractivity contribution in [1.82, 2.24) is 24.6 Å². The first-order valence-electron chi connectivity index (χ1n) is 12.5. The van der Waals surface area contributed by atoms with Crippen molar-refractivity contribution in [3.8, 4) is 5.69 Å². The molecule has 2 aromatic carbocycles. The van der Waals surface area contributed by atoms with Crippen LogP contribution in [0.25, 0.3) is 16.7 Å². The molecule has 37 heavy (non-hydrogen) atoms. The summed E-state index contributed by atoms with van der Waals surface area (Å²) >= 11 is 12.2. The van der Waals surface area contributed by atoms with Gasteiger partial charge in [-0.2, -0.15) is 5.10 Å². The molecule has 2 aliphatic rings. The van der Waals surface area contributed by atoms with Crippen LogP contribution in [0.15, 0.2) is 54.7 Å². The van der Waals surface area contributed by atoms with Crippen molar-refractivity contribution in [2.75, 3.05) is 44.3 Å². The highest BCUT2D eigenvalue weighted by atomic mass is 35.5. The number of ether oxygens (including phenoxy) is 1. The van der Waals surface area contributed by atoms with E-state index in [-0.39, 0.29) is 11.8 Å². The first-order chi connectivity index (χ1) is 18.1. The summed E-state index contributed by atoms with van der Waals surface area (Å²) in [6.07, 6.45) is 3.64. The predicted octanol–water partition coefficient (Wildman–Crippen LogP) is 4.98. The first kappa shape index (κ1) is 24.2. The monoisotopic (exact) mass is 536 g/mol. The second-order valence-electron chi connectivity index (χ2n) is 9.33. The number of anilines is 1. The van der Waals surface area contributed by atoms with Crippen molar-refractivity contribution >= 4 is 46.0 Å². The minimum Gasteiger partial charge on any atom is -0.381 e. The smallest absolute Gasteiger partial charge is 0.254 e. The van der Waals surface area contributed by atoms with Gasteiger partial charge < -0.3 is 14.5 Å². The minimum atomic E-state index is -0.0501. The second-order valence-corrected chi connectivity index (χ2v) is 10.1. The number of piperazine rings is 1. The van der Waals surface area contributed by atoms with E-state index in [0.29, 0.717) is 41.8 Å². The van der Waals surface area contributed by atoms with Crippen LogP contribution < -0.4 is 4.90 Å². The second kappa shape index (κ2) is 10.3. The van der Waals surface area contributed by atoms with E-state index in [0.717, 1.165) is 54.4 Å². The molecule has 0 saturated carbocycles. The summed E-state index contributed by atoms with van der Waals surface area (Å²) in [5, 5.41) is 6.40. The van der Waals surface area contributed by atoms with Crippen molar-refractivity contribution in [1.29, 1.82) is 0 Å². The van der Waals surface area contributed by atoms with Crippen LogP contribution in [0.2, 0.25) is 10.0 Å². The van der Waals surface area contributed by atoms with Gasteiger partial charge in [-0.25, -0.2) is 14.6 Å². The number of rotatable bonds is 4. The summed E-state index contributed by atoms with van der Waals surface area (Å²) in [5.74, 6) is 1.90. The van der Waals surface area contributed by atoms with Crippen molar-refractivity contribution in [2.24, 2.45) is 0 Å². The van der Waals surface area contributed by atoms with E-state index in [4.69, 9.17) is 37.9 Å². The molecular formula is C27H26Cl2N6O2. The van der Waals surface area contributed by atoms with E-state index in [1.807, 2.05) is 46.1 Å². The van der Waals surface area contributed by atoms with E-state index in [1.54, 1.807) is 18.2 Å². The molecule has 0 N–H and O–H groups in total. The maximum atomic E-state index is 13.1. The molecule has 10 heteroatoms. The average Bonchev–Trinajstić information content (AvgIpc) is 3.39. The van der Waals surface area contributed by atoms with Gasteiger partial charge >= 0.3 is 0 Å². The zero-order valence-corrected chi connectivity index (χ0v) is 21.7. The first-order valence-corrected chi connectivity index (χ1v) is 13.2. The molecule has 2 aliphatic heterocycles. The Morgan fingerprint density at radius 2 is 1.68 bits per heavy atom. The Balaban J connectivity index is 1.31. The number of amides is 1. The minimum absolute atomic E-state index is 0.0501. The molecule has 4 aromatic rings. The van der Waals surface area contributed by atoms with Gasteiger partial charge in [0.05, 0.1) is 27.3 Å². The van der Waals surface area contributed by atoms with E-state index in [1.165, 1.54) is 0 Å². The van der Waals surface area contributed by atoms with Gasteiger partial charge in [-0.05, 0) is 43.2 Å². The normalized spacial score (nSPS) is 16.9. The molecule has 2 aromatic heterocycles. The van der Waals surface area contributed by atoms with Gasteiger partial charge in [-0.15, -0.1) is 0 Å². The highest BCUT2D eigenvalue weighted by Crippen LogP contribution is 2.32. The van der Waals surface area contributed by atoms with E-state index >= 15 is 0 Å². The van der Waals surface area contributed by atoms with Crippen molar-refractivity contribution in [3.05, 3.63) is 76.2 Å². The van der Waals surface area contributed by atoms with Crippen LogP contribution in [0.5, 0.6) is 0 Å². The van der Waals surface area contributed by atoms with Crippen LogP contribution in [0.4, 0.5) is 5.82 Å². The molecule has 0 unspecified atom stereocenters. The van der Waals surface area contributed by atoms with Gasteiger partial charge in [0.15, 0.2) is 5.65 Å². The van der Waals surface area contributed by atoms with Crippen molar-refractivity contribution in [3.63, 3.8) is 0 Å². The molecule has 4 heterocycles. The Hall–Kier alpha value is -3.20. The molecule has 8 nitrogen and oxygen atoms in total. The lowest BCUT2D eigenvalue weighted by Crippen LogP contribution is -2.49. The summed E-state index contributed by atoms with van der Waals surface area (Å²) in [4.78, 5) is 27.3. The third kappa shape index (κ3) is 4.77. The van der Waals surface area contributed by atoms with Crippen molar-refractivity contribution < 1.29 is 9.53 Å². The van der Waals surface area contributed by atoms with Gasteiger partial charge in [0.1, 0.15) is 11.6 Å². The number of carbonyl (C=O) groups excluding carboxylic acids is 1. The van der Waals surface area contributed by atoms with Gasteiger partial charge in [0, 0.05) is 50.9 Å². The summed E-state index contributed by atoms with van der Waals surface area (Å²) < 4.78 is 7.46. The van der Waals surface area contributed by atoms with Gasteiger partial charge in [0.25, 0.3) is 5.91 Å². The SMILES string of the molecule is O=C(c1ccc(Cl)c(Cl)c1)N1CCN(c2nc(C3CCOCC3)nc3c2cnn3-c2ccccc2)CC1. The molecular weight excluding hydrogens is 511 g/mol. The predicted molar refractivity (Wildman–Crippen MR) is 144 cm³/mol. The zero-order valence-electron chi connectivity index (χ0n) is 20.2. The van der Waals surface area contributed by atoms with E-state index < -0.39 is 0 Å². The number of halogens is 2. The van der Waals surface area contributed by atoms with Gasteiger partial charge in [-0.3, -0.25) is 4.79 Å². The fraction of sp³-hybridized carbons (Fsp3) is 0.333. The van der Waals surface area contributed by atoms with Crippen molar-refractivity contribution in [2.45, 2.75) is 18.8 Å². The van der Waals surface area contributed by atoms with Crippen LogP contribution in [-0.2, 0) is 4.74 Å². The molecule has 0 radical (unpaired) electrons. The Bertz CT molecular complexity index is 1430. The standard InChI is InChI=1S/C27H26Cl2N6O2/c28-22-7-6-19(16-23(22)29)27(36)34-12-10-33(11-13-34)25-21-17-30-35(20-4-2-1-3-5-20)26(21)32-24(31-25)18-8-14-37-15-9-18/h1-7,16-18H,8-15H2. The quantitative estimate of drug-likeness (QED) is 0.366. The Morgan fingerprint density at radius 3 is 2.41 bits per heavy atom. The Morgan fingerprint density at radius 1 is 0.919 bits per heavy atom. The molecule has 190 valence electrons. The molecule has 6 rings (SSSR count). The lowest BCUT2D eigenvalue weighted by molar-refractivity contribution is 0.0746. The average molecular weight is 537 g/mol. The van der Waals surface area contributed by atoms with Gasteiger partial charge in [0.2, 0.25) is 0 Å². The number of nitrogens with zero attached hydrogens (tertiary/aromatic N) is 6.